The van der Waals surface area contributed by atoms with Crippen molar-refractivity contribution in [2.24, 2.45) is 0 Å². The molecule has 0 aliphatic heterocycles. The summed E-state index contributed by atoms with van der Waals surface area (Å²) in [5, 5.41) is 6.68. The fourth-order valence-corrected chi connectivity index (χ4v) is 2.86. The molecule has 0 saturated heterocycles. The Morgan fingerprint density at radius 1 is 1.04 bits per heavy atom. The highest BCUT2D eigenvalue weighted by atomic mass is 35.5. The first kappa shape index (κ1) is 18.9. The lowest BCUT2D eigenvalue weighted by Gasteiger charge is -2.12. The van der Waals surface area contributed by atoms with Gasteiger partial charge in [-0.15, -0.1) is 0 Å². The van der Waals surface area contributed by atoms with Crippen LogP contribution in [0.15, 0.2) is 48.5 Å². The molecule has 0 unspecified atom stereocenters. The lowest BCUT2D eigenvalue weighted by Crippen LogP contribution is -2.24. The second-order valence-electron chi connectivity index (χ2n) is 6.36. The van der Waals surface area contributed by atoms with Crippen LogP contribution in [-0.4, -0.2) is 15.9 Å². The van der Waals surface area contributed by atoms with Crippen LogP contribution in [0.5, 0.6) is 0 Å². The molecular weight excluding hydrogens is 360 g/mol. The lowest BCUT2D eigenvalue weighted by atomic mass is 10.1. The van der Waals surface area contributed by atoms with Gasteiger partial charge in [0.2, 0.25) is 5.95 Å². The number of benzene rings is 2. The molecule has 0 aliphatic rings. The van der Waals surface area contributed by atoms with E-state index in [2.05, 4.69) is 20.6 Å². The maximum absolute atomic E-state index is 12.5. The van der Waals surface area contributed by atoms with Gasteiger partial charge in [0.05, 0.1) is 0 Å². The summed E-state index contributed by atoms with van der Waals surface area (Å²) in [6.45, 7) is 6.25. The van der Waals surface area contributed by atoms with Gasteiger partial charge in [0.25, 0.3) is 5.91 Å². The van der Waals surface area contributed by atoms with E-state index in [1.54, 1.807) is 12.1 Å². The van der Waals surface area contributed by atoms with Crippen LogP contribution in [0.1, 0.15) is 32.9 Å². The molecule has 1 amide bonds. The van der Waals surface area contributed by atoms with Crippen molar-refractivity contribution in [1.82, 2.24) is 15.3 Å². The van der Waals surface area contributed by atoms with Crippen molar-refractivity contribution in [3.05, 3.63) is 81.6 Å². The number of amides is 1. The van der Waals surface area contributed by atoms with Gasteiger partial charge in [-0.25, -0.2) is 9.97 Å². The molecule has 0 atom stereocenters. The second kappa shape index (κ2) is 8.18. The van der Waals surface area contributed by atoms with Gasteiger partial charge in [-0.1, -0.05) is 41.9 Å². The molecule has 5 nitrogen and oxygen atoms in total. The van der Waals surface area contributed by atoms with Crippen LogP contribution in [0.4, 0.5) is 11.6 Å². The highest BCUT2D eigenvalue weighted by Gasteiger charge is 2.12. The van der Waals surface area contributed by atoms with Crippen LogP contribution < -0.4 is 10.6 Å². The molecule has 0 saturated carbocycles. The SMILES string of the molecule is Cc1cc(C(=O)NCc2ccccc2Cl)nc(Nc2cccc(C)c2C)n1. The Kier molecular flexibility index (Phi) is 5.72. The first-order chi connectivity index (χ1) is 12.9. The molecule has 0 radical (unpaired) electrons. The van der Waals surface area contributed by atoms with Gasteiger partial charge in [-0.3, -0.25) is 4.79 Å². The average Bonchev–Trinajstić information content (AvgIpc) is 2.64. The number of nitrogens with zero attached hydrogens (tertiary/aromatic N) is 2. The van der Waals surface area contributed by atoms with Crippen LogP contribution in [0, 0.1) is 20.8 Å². The number of aromatic nitrogens is 2. The fraction of sp³-hybridized carbons (Fsp3) is 0.190. The van der Waals surface area contributed by atoms with Gasteiger partial charge in [-0.05, 0) is 55.7 Å². The molecule has 2 N–H and O–H groups in total. The number of nitrogens with one attached hydrogen (secondary N) is 2. The van der Waals surface area contributed by atoms with Crippen LogP contribution in [0.2, 0.25) is 5.02 Å². The van der Waals surface area contributed by atoms with Gasteiger partial charge in [0, 0.05) is 22.9 Å². The third-order valence-corrected chi connectivity index (χ3v) is 4.70. The van der Waals surface area contributed by atoms with E-state index in [0.717, 1.165) is 16.8 Å². The van der Waals surface area contributed by atoms with E-state index in [4.69, 9.17) is 11.6 Å². The molecule has 138 valence electrons. The van der Waals surface area contributed by atoms with Crippen molar-refractivity contribution >= 4 is 29.1 Å². The largest absolute Gasteiger partial charge is 0.347 e. The minimum atomic E-state index is -0.274. The van der Waals surface area contributed by atoms with Crippen molar-refractivity contribution in [3.63, 3.8) is 0 Å². The van der Waals surface area contributed by atoms with Gasteiger partial charge < -0.3 is 10.6 Å². The minimum absolute atomic E-state index is 0.274. The smallest absolute Gasteiger partial charge is 0.270 e. The summed E-state index contributed by atoms with van der Waals surface area (Å²) in [6.07, 6.45) is 0. The monoisotopic (exact) mass is 380 g/mol. The highest BCUT2D eigenvalue weighted by Crippen LogP contribution is 2.21. The molecule has 27 heavy (non-hydrogen) atoms. The molecule has 0 aliphatic carbocycles. The van der Waals surface area contributed by atoms with E-state index in [1.807, 2.05) is 57.2 Å². The Balaban J connectivity index is 1.77. The zero-order valence-electron chi connectivity index (χ0n) is 15.5. The molecule has 3 aromatic rings. The quantitative estimate of drug-likeness (QED) is 0.671. The highest BCUT2D eigenvalue weighted by molar-refractivity contribution is 6.31. The predicted molar refractivity (Wildman–Crippen MR) is 109 cm³/mol. The van der Waals surface area contributed by atoms with E-state index in [0.29, 0.717) is 28.9 Å². The van der Waals surface area contributed by atoms with Crippen molar-refractivity contribution in [3.8, 4) is 0 Å². The molecule has 0 bridgehead atoms. The fourth-order valence-electron chi connectivity index (χ4n) is 2.66. The number of halogens is 1. The normalized spacial score (nSPS) is 10.5. The summed E-state index contributed by atoms with van der Waals surface area (Å²) in [5.41, 5.74) is 5.08. The minimum Gasteiger partial charge on any atom is -0.347 e. The number of carbonyl (C=O) groups excluding carboxylic acids is 1. The van der Waals surface area contributed by atoms with Crippen LogP contribution in [0.3, 0.4) is 0 Å². The Morgan fingerprint density at radius 2 is 1.81 bits per heavy atom. The lowest BCUT2D eigenvalue weighted by molar-refractivity contribution is 0.0946. The second-order valence-corrected chi connectivity index (χ2v) is 6.77. The number of rotatable bonds is 5. The topological polar surface area (TPSA) is 66.9 Å². The Morgan fingerprint density at radius 3 is 2.59 bits per heavy atom. The van der Waals surface area contributed by atoms with Gasteiger partial charge in [0.1, 0.15) is 5.69 Å². The van der Waals surface area contributed by atoms with Gasteiger partial charge in [-0.2, -0.15) is 0 Å². The van der Waals surface area contributed by atoms with E-state index in [-0.39, 0.29) is 5.91 Å². The molecular formula is C21H21ClN4O. The standard InChI is InChI=1S/C21H21ClN4O/c1-13-7-6-10-18(15(13)3)25-21-24-14(2)11-19(26-21)20(27)23-12-16-8-4-5-9-17(16)22/h4-11H,12H2,1-3H3,(H,23,27)(H,24,25,26). The Hall–Kier alpha value is -2.92. The molecule has 6 heteroatoms. The summed E-state index contributed by atoms with van der Waals surface area (Å²) < 4.78 is 0. The van der Waals surface area contributed by atoms with Crippen molar-refractivity contribution in [2.45, 2.75) is 27.3 Å². The number of hydrogen-bond acceptors (Lipinski definition) is 4. The zero-order chi connectivity index (χ0) is 19.4. The predicted octanol–water partition coefficient (Wildman–Crippen LogP) is 4.73. The average molecular weight is 381 g/mol. The van der Waals surface area contributed by atoms with E-state index in [9.17, 15) is 4.79 Å². The van der Waals surface area contributed by atoms with Crippen molar-refractivity contribution in [1.29, 1.82) is 0 Å². The summed E-state index contributed by atoms with van der Waals surface area (Å²) in [4.78, 5) is 21.3. The maximum Gasteiger partial charge on any atom is 0.270 e. The van der Waals surface area contributed by atoms with Crippen LogP contribution >= 0.6 is 11.6 Å². The number of anilines is 2. The number of aryl methyl sites for hydroxylation is 2. The van der Waals surface area contributed by atoms with Crippen molar-refractivity contribution in [2.75, 3.05) is 5.32 Å². The summed E-state index contributed by atoms with van der Waals surface area (Å²) >= 11 is 6.14. The molecule has 0 fully saturated rings. The third-order valence-electron chi connectivity index (χ3n) is 4.34. The molecule has 1 heterocycles. The van der Waals surface area contributed by atoms with E-state index < -0.39 is 0 Å². The third kappa shape index (κ3) is 4.63. The molecule has 1 aromatic heterocycles. The van der Waals surface area contributed by atoms with Gasteiger partial charge in [0.15, 0.2) is 0 Å². The zero-order valence-corrected chi connectivity index (χ0v) is 16.3. The van der Waals surface area contributed by atoms with Crippen LogP contribution in [0.25, 0.3) is 0 Å². The maximum atomic E-state index is 12.5. The Bertz CT molecular complexity index is 988. The summed E-state index contributed by atoms with van der Waals surface area (Å²) in [5.74, 6) is 0.121. The first-order valence-electron chi connectivity index (χ1n) is 8.64. The van der Waals surface area contributed by atoms with E-state index >= 15 is 0 Å². The van der Waals surface area contributed by atoms with E-state index in [1.165, 1.54) is 5.56 Å². The summed E-state index contributed by atoms with van der Waals surface area (Å²) in [6, 6.07) is 15.1. The van der Waals surface area contributed by atoms with Crippen LogP contribution in [-0.2, 0) is 6.54 Å². The summed E-state index contributed by atoms with van der Waals surface area (Å²) in [7, 11) is 0. The molecule has 3 rings (SSSR count). The molecule has 2 aromatic carbocycles. The number of hydrogen-bond donors (Lipinski definition) is 2. The van der Waals surface area contributed by atoms with Gasteiger partial charge >= 0.3 is 0 Å². The molecule has 0 spiro atoms. The first-order valence-corrected chi connectivity index (χ1v) is 9.02. The van der Waals surface area contributed by atoms with Crippen molar-refractivity contribution < 1.29 is 4.79 Å². The number of carbonyl (C=O) groups is 1. The Labute approximate surface area is 163 Å².